The number of carbonyl (C=O) groups excluding carboxylic acids is 1. The van der Waals surface area contributed by atoms with Crippen LogP contribution in [0.4, 0.5) is 0 Å². The highest BCUT2D eigenvalue weighted by atomic mass is 16.5. The third kappa shape index (κ3) is 5.16. The lowest BCUT2D eigenvalue weighted by Gasteiger charge is -2.10. The zero-order valence-electron chi connectivity index (χ0n) is 18.6. The van der Waals surface area contributed by atoms with E-state index in [9.17, 15) is 4.79 Å². The summed E-state index contributed by atoms with van der Waals surface area (Å²) in [5.74, 6) is 1.83. The van der Waals surface area contributed by atoms with Gasteiger partial charge in [0.1, 0.15) is 22.9 Å². The van der Waals surface area contributed by atoms with Crippen LogP contribution < -0.4 is 24.4 Å². The summed E-state index contributed by atoms with van der Waals surface area (Å²) < 4.78 is 17.7. The number of hydrogen-bond acceptors (Lipinski definition) is 5. The Kier molecular flexibility index (Phi) is 7.15. The Morgan fingerprint density at radius 2 is 1.65 bits per heavy atom. The summed E-state index contributed by atoms with van der Waals surface area (Å²) >= 11 is 0. The standard InChI is InChI=1S/C23H28N4O4/c1-26(2)13-12-24-23(28)21-15-20(19-11-10-18(30-4)14-22(19)31-5)25-27(21)16-6-8-17(29-3)9-7-16/h6-11,14-15H,12-13H2,1-5H3,(H,24,28)/p+1. The van der Waals surface area contributed by atoms with Crippen molar-refractivity contribution in [2.24, 2.45) is 0 Å². The molecule has 164 valence electrons. The van der Waals surface area contributed by atoms with Gasteiger partial charge >= 0.3 is 0 Å². The van der Waals surface area contributed by atoms with Crippen LogP contribution in [0.1, 0.15) is 10.5 Å². The molecule has 0 fully saturated rings. The minimum Gasteiger partial charge on any atom is -0.497 e. The molecule has 0 radical (unpaired) electrons. The van der Waals surface area contributed by atoms with E-state index in [1.54, 1.807) is 38.1 Å². The van der Waals surface area contributed by atoms with E-state index in [0.717, 1.165) is 23.5 Å². The second kappa shape index (κ2) is 9.99. The molecule has 1 heterocycles. The number of likely N-dealkylation sites (N-methyl/N-ethyl adjacent to an activating group) is 1. The smallest absolute Gasteiger partial charge is 0.270 e. The van der Waals surface area contributed by atoms with Gasteiger partial charge in [0.2, 0.25) is 0 Å². The molecular formula is C23H29N4O4+. The molecule has 3 aromatic rings. The van der Waals surface area contributed by atoms with E-state index in [2.05, 4.69) is 5.32 Å². The van der Waals surface area contributed by atoms with Crippen molar-refractivity contribution in [1.29, 1.82) is 0 Å². The summed E-state index contributed by atoms with van der Waals surface area (Å²) in [5.41, 5.74) is 2.58. The number of nitrogens with one attached hydrogen (secondary N) is 2. The zero-order valence-corrected chi connectivity index (χ0v) is 18.6. The fourth-order valence-corrected chi connectivity index (χ4v) is 3.12. The van der Waals surface area contributed by atoms with Crippen molar-refractivity contribution >= 4 is 5.91 Å². The van der Waals surface area contributed by atoms with E-state index in [-0.39, 0.29) is 5.91 Å². The van der Waals surface area contributed by atoms with Gasteiger partial charge in [-0.3, -0.25) is 4.79 Å². The van der Waals surface area contributed by atoms with Crippen LogP contribution in [-0.2, 0) is 0 Å². The highest BCUT2D eigenvalue weighted by molar-refractivity contribution is 5.94. The maximum absolute atomic E-state index is 13.0. The Labute approximate surface area is 182 Å². The average Bonchev–Trinajstić information content (AvgIpc) is 3.23. The number of amides is 1. The molecule has 0 saturated carbocycles. The Morgan fingerprint density at radius 3 is 2.26 bits per heavy atom. The summed E-state index contributed by atoms with van der Waals surface area (Å²) in [5, 5.41) is 7.70. The molecule has 1 amide bonds. The van der Waals surface area contributed by atoms with E-state index < -0.39 is 0 Å². The number of hydrogen-bond donors (Lipinski definition) is 2. The van der Waals surface area contributed by atoms with Crippen LogP contribution in [0.25, 0.3) is 16.9 Å². The van der Waals surface area contributed by atoms with Crippen molar-refractivity contribution in [2.45, 2.75) is 0 Å². The van der Waals surface area contributed by atoms with E-state index >= 15 is 0 Å². The van der Waals surface area contributed by atoms with Gasteiger partial charge in [-0.1, -0.05) is 0 Å². The number of rotatable bonds is 9. The van der Waals surface area contributed by atoms with Crippen LogP contribution in [0, 0.1) is 0 Å². The van der Waals surface area contributed by atoms with Crippen LogP contribution >= 0.6 is 0 Å². The van der Waals surface area contributed by atoms with E-state index in [0.29, 0.717) is 29.4 Å². The first-order valence-corrected chi connectivity index (χ1v) is 10.0. The molecule has 2 N–H and O–H groups in total. The van der Waals surface area contributed by atoms with Crippen LogP contribution in [0.15, 0.2) is 48.5 Å². The SMILES string of the molecule is COc1ccc(-n2nc(-c3ccc(OC)cc3OC)cc2C(=O)NCC[NH+](C)C)cc1. The molecule has 0 aliphatic rings. The number of quaternary nitrogens is 1. The topological polar surface area (TPSA) is 79.0 Å². The number of methoxy groups -OCH3 is 3. The highest BCUT2D eigenvalue weighted by Crippen LogP contribution is 2.33. The summed E-state index contributed by atoms with van der Waals surface area (Å²) in [4.78, 5) is 14.2. The fourth-order valence-electron chi connectivity index (χ4n) is 3.12. The highest BCUT2D eigenvalue weighted by Gasteiger charge is 2.20. The van der Waals surface area contributed by atoms with Crippen molar-refractivity contribution in [3.8, 4) is 34.2 Å². The van der Waals surface area contributed by atoms with Gasteiger partial charge in [-0.05, 0) is 42.5 Å². The quantitative estimate of drug-likeness (QED) is 0.542. The Balaban J connectivity index is 2.04. The minimum atomic E-state index is -0.191. The van der Waals surface area contributed by atoms with E-state index in [1.165, 1.54) is 4.90 Å². The maximum atomic E-state index is 13.0. The van der Waals surface area contributed by atoms with Gasteiger partial charge in [-0.25, -0.2) is 4.68 Å². The van der Waals surface area contributed by atoms with Gasteiger partial charge in [0.25, 0.3) is 5.91 Å². The largest absolute Gasteiger partial charge is 0.497 e. The Hall–Kier alpha value is -3.52. The molecule has 3 rings (SSSR count). The molecule has 8 nitrogen and oxygen atoms in total. The average molecular weight is 426 g/mol. The molecular weight excluding hydrogens is 396 g/mol. The van der Waals surface area contributed by atoms with Crippen molar-refractivity contribution in [1.82, 2.24) is 15.1 Å². The first-order chi connectivity index (χ1) is 15.0. The predicted octanol–water partition coefficient (Wildman–Crippen LogP) is 1.44. The lowest BCUT2D eigenvalue weighted by molar-refractivity contribution is -0.856. The molecule has 2 aromatic carbocycles. The van der Waals surface area contributed by atoms with Crippen molar-refractivity contribution in [3.05, 3.63) is 54.2 Å². The monoisotopic (exact) mass is 425 g/mol. The molecule has 0 atom stereocenters. The van der Waals surface area contributed by atoms with E-state index in [1.807, 2.05) is 50.5 Å². The molecule has 1 aromatic heterocycles. The normalized spacial score (nSPS) is 10.8. The van der Waals surface area contributed by atoms with Crippen LogP contribution in [0.2, 0.25) is 0 Å². The van der Waals surface area contributed by atoms with Crippen molar-refractivity contribution in [3.63, 3.8) is 0 Å². The van der Waals surface area contributed by atoms with Crippen molar-refractivity contribution < 1.29 is 23.9 Å². The Bertz CT molecular complexity index is 1030. The molecule has 0 unspecified atom stereocenters. The number of nitrogens with zero attached hydrogens (tertiary/aromatic N) is 2. The fraction of sp³-hybridized carbons (Fsp3) is 0.304. The summed E-state index contributed by atoms with van der Waals surface area (Å²) in [7, 11) is 8.90. The second-order valence-corrected chi connectivity index (χ2v) is 7.30. The maximum Gasteiger partial charge on any atom is 0.270 e. The summed E-state index contributed by atoms with van der Waals surface area (Å²) in [6, 6.07) is 14.7. The molecule has 0 bridgehead atoms. The van der Waals surface area contributed by atoms with Gasteiger partial charge in [0, 0.05) is 11.6 Å². The molecule has 0 spiro atoms. The number of benzene rings is 2. The molecule has 0 aliphatic heterocycles. The van der Waals surface area contributed by atoms with Crippen molar-refractivity contribution in [2.75, 3.05) is 48.5 Å². The molecule has 31 heavy (non-hydrogen) atoms. The third-order valence-corrected chi connectivity index (χ3v) is 4.85. The zero-order chi connectivity index (χ0) is 22.4. The molecule has 0 aliphatic carbocycles. The number of carbonyl (C=O) groups is 1. The minimum absolute atomic E-state index is 0.191. The van der Waals surface area contributed by atoms with Gasteiger partial charge < -0.3 is 24.4 Å². The van der Waals surface area contributed by atoms with Crippen LogP contribution in [0.5, 0.6) is 17.2 Å². The first kappa shape index (κ1) is 22.2. The second-order valence-electron chi connectivity index (χ2n) is 7.30. The third-order valence-electron chi connectivity index (χ3n) is 4.85. The lowest BCUT2D eigenvalue weighted by Crippen LogP contribution is -3.06. The summed E-state index contributed by atoms with van der Waals surface area (Å²) in [6.07, 6.45) is 0. The van der Waals surface area contributed by atoms with Gasteiger partial charge in [0.15, 0.2) is 0 Å². The number of ether oxygens (including phenoxy) is 3. The first-order valence-electron chi connectivity index (χ1n) is 10.0. The summed E-state index contributed by atoms with van der Waals surface area (Å²) in [6.45, 7) is 1.39. The molecule has 0 saturated heterocycles. The van der Waals surface area contributed by atoms with Gasteiger partial charge in [-0.2, -0.15) is 5.10 Å². The van der Waals surface area contributed by atoms with Crippen LogP contribution in [0.3, 0.4) is 0 Å². The van der Waals surface area contributed by atoms with Gasteiger partial charge in [-0.15, -0.1) is 0 Å². The van der Waals surface area contributed by atoms with Gasteiger partial charge in [0.05, 0.1) is 59.9 Å². The molecule has 8 heteroatoms. The lowest BCUT2D eigenvalue weighted by atomic mass is 10.1. The van der Waals surface area contributed by atoms with E-state index in [4.69, 9.17) is 19.3 Å². The number of aromatic nitrogens is 2. The Morgan fingerprint density at radius 1 is 0.968 bits per heavy atom. The predicted molar refractivity (Wildman–Crippen MR) is 119 cm³/mol. The van der Waals surface area contributed by atoms with Crippen LogP contribution in [-0.4, -0.2) is 64.2 Å².